The summed E-state index contributed by atoms with van der Waals surface area (Å²) < 4.78 is 6.25. The molecule has 7 nitrogen and oxygen atoms in total. The van der Waals surface area contributed by atoms with Gasteiger partial charge in [0.15, 0.2) is 6.10 Å². The molecule has 2 aromatic rings. The third-order valence-electron chi connectivity index (χ3n) is 8.93. The van der Waals surface area contributed by atoms with Gasteiger partial charge in [-0.15, -0.1) is 0 Å². The number of hydrogen-bond donors (Lipinski definition) is 1. The van der Waals surface area contributed by atoms with Crippen molar-refractivity contribution in [2.45, 2.75) is 92.9 Å². The van der Waals surface area contributed by atoms with Gasteiger partial charge in [-0.05, 0) is 94.6 Å². The lowest BCUT2D eigenvalue weighted by Crippen LogP contribution is -2.39. The Bertz CT molecular complexity index is 1420. The fourth-order valence-corrected chi connectivity index (χ4v) is 6.65. The smallest absolute Gasteiger partial charge is 0.337 e. The number of anilines is 1. The van der Waals surface area contributed by atoms with Gasteiger partial charge in [-0.3, -0.25) is 14.9 Å². The highest BCUT2D eigenvalue weighted by molar-refractivity contribution is 5.95. The highest BCUT2D eigenvalue weighted by atomic mass is 16.5. The number of piperidine rings is 1. The number of rotatable bonds is 7. The van der Waals surface area contributed by atoms with Crippen LogP contribution in [0.1, 0.15) is 88.6 Å². The molecular weight excluding hydrogens is 524 g/mol. The SMILES string of the molecule is CC1=NCC(CN2CCc3cc(-c4c(C)nc(C)c([C@H](OC(C)(C)C)C(=O)O)c4N4CCC(C)(C)CC4)ccc3C2)=C1. The van der Waals surface area contributed by atoms with Crippen molar-refractivity contribution in [1.82, 2.24) is 9.88 Å². The number of carbonyl (C=O) groups is 1. The number of benzene rings is 1. The topological polar surface area (TPSA) is 78.3 Å². The summed E-state index contributed by atoms with van der Waals surface area (Å²) in [5.41, 5.74) is 10.3. The number of ether oxygens (including phenoxy) is 1. The molecular formula is C35H48N4O3. The highest BCUT2D eigenvalue weighted by Gasteiger charge is 2.36. The summed E-state index contributed by atoms with van der Waals surface area (Å²) in [6.07, 6.45) is 4.20. The Morgan fingerprint density at radius 3 is 2.40 bits per heavy atom. The Hall–Kier alpha value is -3.03. The second-order valence-electron chi connectivity index (χ2n) is 14.2. The van der Waals surface area contributed by atoms with Crippen LogP contribution in [0.15, 0.2) is 34.8 Å². The van der Waals surface area contributed by atoms with Gasteiger partial charge in [0, 0.05) is 61.0 Å². The number of aryl methyl sites for hydroxylation is 2. The maximum absolute atomic E-state index is 12.8. The van der Waals surface area contributed by atoms with Gasteiger partial charge >= 0.3 is 5.97 Å². The van der Waals surface area contributed by atoms with Gasteiger partial charge in [0.05, 0.1) is 17.8 Å². The standard InChI is InChI=1S/C35H48N4O3/c1-22-17-25(19-36-22)20-38-14-11-26-18-27(9-10-28(26)21-38)29-23(2)37-24(3)30(32(33(40)41)42-34(4,5)6)31(29)39-15-12-35(7,8)13-16-39/h9-10,17-18,32H,11-16,19-21H2,1-8H3,(H,40,41)/t32-/m0/s1. The summed E-state index contributed by atoms with van der Waals surface area (Å²) in [4.78, 5) is 27.2. The highest BCUT2D eigenvalue weighted by Crippen LogP contribution is 2.45. The molecule has 1 aromatic heterocycles. The minimum absolute atomic E-state index is 0.263. The van der Waals surface area contributed by atoms with Crippen molar-refractivity contribution in [3.05, 3.63) is 57.9 Å². The Kier molecular flexibility index (Phi) is 8.38. The van der Waals surface area contributed by atoms with Crippen LogP contribution in [0.5, 0.6) is 0 Å². The van der Waals surface area contributed by atoms with Gasteiger partial charge in [-0.25, -0.2) is 4.79 Å². The van der Waals surface area contributed by atoms with Crippen molar-refractivity contribution in [3.8, 4) is 11.1 Å². The molecule has 3 aliphatic rings. The first-order valence-corrected chi connectivity index (χ1v) is 15.4. The van der Waals surface area contributed by atoms with Crippen LogP contribution in [0, 0.1) is 19.3 Å². The van der Waals surface area contributed by atoms with Crippen LogP contribution in [-0.2, 0) is 22.5 Å². The number of allylic oxidation sites excluding steroid dienone is 1. The van der Waals surface area contributed by atoms with Crippen molar-refractivity contribution in [2.75, 3.05) is 37.6 Å². The molecule has 0 bridgehead atoms. The molecule has 0 spiro atoms. The van der Waals surface area contributed by atoms with Crippen LogP contribution in [0.3, 0.4) is 0 Å². The van der Waals surface area contributed by atoms with Crippen molar-refractivity contribution in [2.24, 2.45) is 10.4 Å². The number of carboxylic acids is 1. The van der Waals surface area contributed by atoms with Crippen LogP contribution in [0.4, 0.5) is 5.69 Å². The van der Waals surface area contributed by atoms with E-state index in [2.05, 4.69) is 66.8 Å². The van der Waals surface area contributed by atoms with E-state index in [1.807, 2.05) is 27.7 Å². The number of pyridine rings is 1. The van der Waals surface area contributed by atoms with Crippen LogP contribution >= 0.6 is 0 Å². The molecule has 3 aliphatic heterocycles. The Morgan fingerprint density at radius 2 is 1.79 bits per heavy atom. The van der Waals surface area contributed by atoms with Crippen LogP contribution in [0.25, 0.3) is 11.1 Å². The average Bonchev–Trinajstić information content (AvgIpc) is 3.30. The second-order valence-corrected chi connectivity index (χ2v) is 14.2. The fourth-order valence-electron chi connectivity index (χ4n) is 6.65. The van der Waals surface area contributed by atoms with Crippen LogP contribution in [-0.4, -0.2) is 65.0 Å². The van der Waals surface area contributed by atoms with E-state index in [0.29, 0.717) is 5.56 Å². The quantitative estimate of drug-likeness (QED) is 0.398. The van der Waals surface area contributed by atoms with E-state index in [0.717, 1.165) is 92.4 Å². The fraction of sp³-hybridized carbons (Fsp3) is 0.571. The maximum Gasteiger partial charge on any atom is 0.337 e. The van der Waals surface area contributed by atoms with Gasteiger partial charge < -0.3 is 14.7 Å². The number of aliphatic imine (C=N–C) groups is 1. The first-order valence-electron chi connectivity index (χ1n) is 15.4. The van der Waals surface area contributed by atoms with Crippen molar-refractivity contribution >= 4 is 17.4 Å². The van der Waals surface area contributed by atoms with E-state index in [1.54, 1.807) is 0 Å². The Labute approximate surface area is 251 Å². The summed E-state index contributed by atoms with van der Waals surface area (Å²) in [5, 5.41) is 10.5. The number of fused-ring (bicyclic) bond motifs is 1. The predicted octanol–water partition coefficient (Wildman–Crippen LogP) is 6.69. The second kappa shape index (κ2) is 11.6. The van der Waals surface area contributed by atoms with Gasteiger partial charge in [0.2, 0.25) is 0 Å². The van der Waals surface area contributed by atoms with Crippen molar-refractivity contribution in [3.63, 3.8) is 0 Å². The zero-order valence-corrected chi connectivity index (χ0v) is 26.8. The zero-order valence-electron chi connectivity index (χ0n) is 26.8. The molecule has 4 heterocycles. The molecule has 0 aliphatic carbocycles. The van der Waals surface area contributed by atoms with Gasteiger partial charge in [0.25, 0.3) is 0 Å². The van der Waals surface area contributed by atoms with E-state index >= 15 is 0 Å². The summed E-state index contributed by atoms with van der Waals surface area (Å²) in [7, 11) is 0. The average molecular weight is 573 g/mol. The summed E-state index contributed by atoms with van der Waals surface area (Å²) in [5.74, 6) is -0.980. The normalized spacial score (nSPS) is 19.8. The summed E-state index contributed by atoms with van der Waals surface area (Å²) in [6, 6.07) is 6.81. The first-order chi connectivity index (χ1) is 19.7. The van der Waals surface area contributed by atoms with Crippen LogP contribution in [0.2, 0.25) is 0 Å². The van der Waals surface area contributed by atoms with Gasteiger partial charge in [-0.1, -0.05) is 32.0 Å². The number of nitrogens with zero attached hydrogens (tertiary/aromatic N) is 4. The van der Waals surface area contributed by atoms with E-state index < -0.39 is 17.7 Å². The van der Waals surface area contributed by atoms with E-state index in [4.69, 9.17) is 9.72 Å². The predicted molar refractivity (Wildman–Crippen MR) is 171 cm³/mol. The lowest BCUT2D eigenvalue weighted by molar-refractivity contribution is -0.160. The Balaban J connectivity index is 1.57. The molecule has 1 atom stereocenters. The molecule has 1 fully saturated rings. The van der Waals surface area contributed by atoms with Crippen molar-refractivity contribution < 1.29 is 14.6 Å². The van der Waals surface area contributed by atoms with Gasteiger partial charge in [-0.2, -0.15) is 0 Å². The zero-order chi connectivity index (χ0) is 30.4. The number of hydrogen-bond acceptors (Lipinski definition) is 6. The molecule has 1 N–H and O–H groups in total. The molecule has 0 saturated carbocycles. The number of aliphatic carboxylic acids is 1. The molecule has 1 saturated heterocycles. The van der Waals surface area contributed by atoms with E-state index in [9.17, 15) is 9.90 Å². The lowest BCUT2D eigenvalue weighted by Gasteiger charge is -2.41. The molecule has 5 rings (SSSR count). The molecule has 0 radical (unpaired) electrons. The first kappa shape index (κ1) is 30.4. The lowest BCUT2D eigenvalue weighted by atomic mass is 9.81. The van der Waals surface area contributed by atoms with E-state index in [1.165, 1.54) is 16.7 Å². The van der Waals surface area contributed by atoms with Crippen LogP contribution < -0.4 is 4.90 Å². The minimum atomic E-state index is -1.11. The Morgan fingerprint density at radius 1 is 1.07 bits per heavy atom. The molecule has 226 valence electrons. The molecule has 0 unspecified atom stereocenters. The summed E-state index contributed by atoms with van der Waals surface area (Å²) in [6.45, 7) is 21.9. The molecule has 0 amide bonds. The number of carboxylic acid groups (broad SMARTS) is 1. The maximum atomic E-state index is 12.8. The minimum Gasteiger partial charge on any atom is -0.479 e. The monoisotopic (exact) mass is 572 g/mol. The molecule has 7 heteroatoms. The molecule has 1 aromatic carbocycles. The molecule has 42 heavy (non-hydrogen) atoms. The van der Waals surface area contributed by atoms with Crippen molar-refractivity contribution in [1.29, 1.82) is 0 Å². The van der Waals surface area contributed by atoms with E-state index in [-0.39, 0.29) is 5.41 Å². The third-order valence-corrected chi connectivity index (χ3v) is 8.93. The van der Waals surface area contributed by atoms with Gasteiger partial charge in [0.1, 0.15) is 0 Å². The third kappa shape index (κ3) is 6.63. The number of aromatic nitrogens is 1. The largest absolute Gasteiger partial charge is 0.479 e. The summed E-state index contributed by atoms with van der Waals surface area (Å²) >= 11 is 0.